The van der Waals surface area contributed by atoms with Crippen molar-refractivity contribution in [3.05, 3.63) is 77.4 Å². The summed E-state index contributed by atoms with van der Waals surface area (Å²) in [6, 6.07) is 19.2. The van der Waals surface area contributed by atoms with Crippen LogP contribution in [0, 0.1) is 0 Å². The summed E-state index contributed by atoms with van der Waals surface area (Å²) in [5.74, 6) is 2.48. The van der Waals surface area contributed by atoms with Gasteiger partial charge < -0.3 is 44.0 Å². The van der Waals surface area contributed by atoms with E-state index in [9.17, 15) is 9.59 Å². The summed E-state index contributed by atoms with van der Waals surface area (Å²) in [4.78, 5) is 30.2. The van der Waals surface area contributed by atoms with E-state index in [0.717, 1.165) is 43.6 Å². The molecule has 11 nitrogen and oxygen atoms in total. The second-order valence-electron chi connectivity index (χ2n) is 12.1. The molecule has 0 aliphatic carbocycles. The van der Waals surface area contributed by atoms with Crippen LogP contribution in [-0.2, 0) is 15.8 Å². The number of carbonyl (C=O) groups is 2. The highest BCUT2D eigenvalue weighted by molar-refractivity contribution is 5.96. The Bertz CT molecular complexity index is 1530. The highest BCUT2D eigenvalue weighted by atomic mass is 16.6. The third-order valence-corrected chi connectivity index (χ3v) is 9.71. The van der Waals surface area contributed by atoms with Gasteiger partial charge in [0.25, 0.3) is 5.91 Å². The van der Waals surface area contributed by atoms with E-state index in [-0.39, 0.29) is 11.3 Å². The van der Waals surface area contributed by atoms with Crippen molar-refractivity contribution in [1.82, 2.24) is 9.80 Å². The maximum absolute atomic E-state index is 14.0. The number of benzene rings is 3. The Hall–Kier alpha value is -4.64. The van der Waals surface area contributed by atoms with Crippen LogP contribution in [-0.4, -0.2) is 90.1 Å². The third-order valence-electron chi connectivity index (χ3n) is 9.71. The Kier molecular flexibility index (Phi) is 10.3. The first-order chi connectivity index (χ1) is 22.7. The number of primary amides is 1. The Balaban J connectivity index is 1.39. The smallest absolute Gasteiger partial charge is 0.405 e. The van der Waals surface area contributed by atoms with Gasteiger partial charge in [-0.2, -0.15) is 0 Å². The molecule has 1 unspecified atom stereocenters. The number of nitrogens with two attached hydrogens (primary N) is 1. The topological polar surface area (TPSA) is 122 Å². The number of piperidine rings is 1. The minimum atomic E-state index is -0.766. The van der Waals surface area contributed by atoms with E-state index in [1.54, 1.807) is 26.4 Å². The van der Waals surface area contributed by atoms with Gasteiger partial charge >= 0.3 is 6.09 Å². The van der Waals surface area contributed by atoms with Crippen molar-refractivity contribution in [2.45, 2.75) is 36.7 Å². The Morgan fingerprint density at radius 3 is 1.94 bits per heavy atom. The average Bonchev–Trinajstić information content (AvgIpc) is 3.55. The van der Waals surface area contributed by atoms with E-state index in [1.807, 2.05) is 47.4 Å². The number of hydrogen-bond acceptors (Lipinski definition) is 9. The van der Waals surface area contributed by atoms with Gasteiger partial charge in [-0.1, -0.05) is 36.4 Å². The SMILES string of the molecule is COc1ccc(C2(CCN3CCC(OC(N)=O)(c4ccccc4)CC3)CCN(C(=O)c3cc(OC)c(OC)c(OC)c3)C2)cc1OC. The number of ether oxygens (including phenoxy) is 6. The zero-order chi connectivity index (χ0) is 33.6. The van der Waals surface area contributed by atoms with Crippen molar-refractivity contribution in [2.75, 3.05) is 68.3 Å². The van der Waals surface area contributed by atoms with Crippen molar-refractivity contribution < 1.29 is 38.0 Å². The summed E-state index contributed by atoms with van der Waals surface area (Å²) in [6.45, 7) is 3.36. The van der Waals surface area contributed by atoms with Gasteiger partial charge in [0.1, 0.15) is 5.60 Å². The molecule has 3 aromatic rings. The number of likely N-dealkylation sites (tertiary alicyclic amines) is 2. The van der Waals surface area contributed by atoms with Crippen LogP contribution in [0.3, 0.4) is 0 Å². The molecule has 0 radical (unpaired) electrons. The van der Waals surface area contributed by atoms with Crippen molar-refractivity contribution in [2.24, 2.45) is 5.73 Å². The second-order valence-corrected chi connectivity index (χ2v) is 12.1. The Morgan fingerprint density at radius 2 is 1.36 bits per heavy atom. The molecule has 2 aliphatic heterocycles. The number of nitrogens with zero attached hydrogens (tertiary/aromatic N) is 2. The number of amides is 2. The lowest BCUT2D eigenvalue weighted by Crippen LogP contribution is -2.47. The molecule has 0 saturated carbocycles. The maximum Gasteiger partial charge on any atom is 0.405 e. The van der Waals surface area contributed by atoms with Crippen LogP contribution in [0.25, 0.3) is 0 Å². The van der Waals surface area contributed by atoms with Crippen molar-refractivity contribution in [1.29, 1.82) is 0 Å². The highest BCUT2D eigenvalue weighted by Gasteiger charge is 2.44. The fourth-order valence-electron chi connectivity index (χ4n) is 7.08. The van der Waals surface area contributed by atoms with Gasteiger partial charge in [0.05, 0.1) is 35.5 Å². The minimum Gasteiger partial charge on any atom is -0.493 e. The summed E-state index contributed by atoms with van der Waals surface area (Å²) < 4.78 is 33.5. The van der Waals surface area contributed by atoms with Crippen LogP contribution in [0.5, 0.6) is 28.7 Å². The third kappa shape index (κ3) is 6.90. The molecule has 2 fully saturated rings. The van der Waals surface area contributed by atoms with Gasteiger partial charge in [-0.3, -0.25) is 4.79 Å². The zero-order valence-corrected chi connectivity index (χ0v) is 27.9. The number of rotatable bonds is 12. The molecule has 0 spiro atoms. The maximum atomic E-state index is 14.0. The predicted molar refractivity (Wildman–Crippen MR) is 177 cm³/mol. The molecule has 252 valence electrons. The predicted octanol–water partition coefficient (Wildman–Crippen LogP) is 4.99. The lowest BCUT2D eigenvalue weighted by molar-refractivity contribution is -0.0374. The molecule has 2 amide bonds. The fourth-order valence-corrected chi connectivity index (χ4v) is 7.08. The lowest BCUT2D eigenvalue weighted by Gasteiger charge is -2.42. The van der Waals surface area contributed by atoms with Crippen molar-refractivity contribution in [3.8, 4) is 28.7 Å². The molecule has 0 aromatic heterocycles. The van der Waals surface area contributed by atoms with Gasteiger partial charge in [-0.15, -0.1) is 0 Å². The highest BCUT2D eigenvalue weighted by Crippen LogP contribution is 2.44. The van der Waals surface area contributed by atoms with Crippen LogP contribution >= 0.6 is 0 Å². The van der Waals surface area contributed by atoms with Crippen molar-refractivity contribution in [3.63, 3.8) is 0 Å². The summed E-state index contributed by atoms with van der Waals surface area (Å²) in [5, 5.41) is 0. The van der Waals surface area contributed by atoms with E-state index in [4.69, 9.17) is 34.2 Å². The monoisotopic (exact) mass is 647 g/mol. The molecule has 2 N–H and O–H groups in total. The van der Waals surface area contributed by atoms with Gasteiger partial charge in [0.15, 0.2) is 23.0 Å². The van der Waals surface area contributed by atoms with E-state index in [1.165, 1.54) is 21.3 Å². The van der Waals surface area contributed by atoms with Crippen LogP contribution in [0.1, 0.15) is 47.2 Å². The average molecular weight is 648 g/mol. The Morgan fingerprint density at radius 1 is 0.723 bits per heavy atom. The van der Waals surface area contributed by atoms with Gasteiger partial charge in [0, 0.05) is 50.0 Å². The van der Waals surface area contributed by atoms with E-state index in [2.05, 4.69) is 11.0 Å². The summed E-state index contributed by atoms with van der Waals surface area (Å²) >= 11 is 0. The van der Waals surface area contributed by atoms with Gasteiger partial charge in [0.2, 0.25) is 5.75 Å². The first-order valence-electron chi connectivity index (χ1n) is 15.8. The summed E-state index contributed by atoms with van der Waals surface area (Å²) in [5.41, 5.74) is 6.94. The summed E-state index contributed by atoms with van der Waals surface area (Å²) in [6.07, 6.45) is 2.07. The minimum absolute atomic E-state index is 0.110. The molecular weight excluding hydrogens is 602 g/mol. The molecule has 0 bridgehead atoms. The molecule has 2 aliphatic rings. The largest absolute Gasteiger partial charge is 0.493 e. The van der Waals surface area contributed by atoms with Crippen LogP contribution < -0.4 is 29.4 Å². The number of methoxy groups -OCH3 is 5. The molecule has 1 atom stereocenters. The molecule has 5 rings (SSSR count). The normalized spacial score (nSPS) is 19.1. The van der Waals surface area contributed by atoms with E-state index >= 15 is 0 Å². The van der Waals surface area contributed by atoms with Crippen LogP contribution in [0.15, 0.2) is 60.7 Å². The van der Waals surface area contributed by atoms with E-state index in [0.29, 0.717) is 60.2 Å². The lowest BCUT2D eigenvalue weighted by atomic mass is 9.76. The molecular formula is C36H45N3O8. The standard InChI is InChI=1S/C36H45N3O8/c1-42-28-12-11-27(23-29(28)43-2)35(13-17-38-18-15-36(16-19-38,47-34(37)41)26-9-7-6-8-10-26)14-20-39(24-35)33(40)25-21-30(44-3)32(46-5)31(22-25)45-4/h6-12,21-23H,13-20,24H2,1-5H3,(H2,37,41). The first kappa shape index (κ1) is 33.7. The van der Waals surface area contributed by atoms with Crippen LogP contribution in [0.2, 0.25) is 0 Å². The Labute approximate surface area is 276 Å². The van der Waals surface area contributed by atoms with Crippen LogP contribution in [0.4, 0.5) is 4.79 Å². The molecule has 2 heterocycles. The number of hydrogen-bond donors (Lipinski definition) is 1. The fraction of sp³-hybridized carbons (Fsp3) is 0.444. The van der Waals surface area contributed by atoms with Gasteiger partial charge in [-0.25, -0.2) is 4.79 Å². The van der Waals surface area contributed by atoms with Gasteiger partial charge in [-0.05, 0) is 54.8 Å². The summed E-state index contributed by atoms with van der Waals surface area (Å²) in [7, 11) is 7.86. The number of carbonyl (C=O) groups excluding carboxylic acids is 2. The quantitative estimate of drug-likeness (QED) is 0.290. The zero-order valence-electron chi connectivity index (χ0n) is 27.9. The second kappa shape index (κ2) is 14.4. The molecule has 2 saturated heterocycles. The first-order valence-corrected chi connectivity index (χ1v) is 15.8. The molecule has 47 heavy (non-hydrogen) atoms. The van der Waals surface area contributed by atoms with Crippen molar-refractivity contribution >= 4 is 12.0 Å². The van der Waals surface area contributed by atoms with E-state index < -0.39 is 11.7 Å². The molecule has 3 aromatic carbocycles. The molecule has 11 heteroatoms.